The summed E-state index contributed by atoms with van der Waals surface area (Å²) in [7, 11) is 1.32. The Labute approximate surface area is 80.4 Å². The van der Waals surface area contributed by atoms with Gasteiger partial charge >= 0.3 is 11.9 Å². The highest BCUT2D eigenvalue weighted by Gasteiger charge is 2.08. The Morgan fingerprint density at radius 2 is 1.79 bits per heavy atom. The molecule has 0 bridgehead atoms. The normalized spacial score (nSPS) is 10.1. The first-order valence-electron chi connectivity index (χ1n) is 3.78. The number of carbonyl (C=O) groups excluding carboxylic acids is 1. The molecule has 0 aromatic carbocycles. The maximum atomic E-state index is 11.0. The van der Waals surface area contributed by atoms with Crippen LogP contribution < -0.4 is 0 Å². The predicted molar refractivity (Wildman–Crippen MR) is 46.7 cm³/mol. The molecular formula is C8H11NO5. The standard InChI is InChI=1S/C8H11NO5/c1-9(5-8(13)14)6(10)3-2-4-7(11)12/h2-3H,4-5H2,1H3,(H,11,12)(H,13,14). The first-order valence-corrected chi connectivity index (χ1v) is 3.78. The zero-order valence-corrected chi connectivity index (χ0v) is 7.64. The fourth-order valence-corrected chi connectivity index (χ4v) is 0.669. The van der Waals surface area contributed by atoms with Gasteiger partial charge in [0.1, 0.15) is 6.54 Å². The third kappa shape index (κ3) is 5.76. The summed E-state index contributed by atoms with van der Waals surface area (Å²) in [6, 6.07) is 0. The molecule has 0 radical (unpaired) electrons. The van der Waals surface area contributed by atoms with E-state index in [2.05, 4.69) is 0 Å². The van der Waals surface area contributed by atoms with Gasteiger partial charge in [-0.05, 0) is 6.08 Å². The highest BCUT2D eigenvalue weighted by Crippen LogP contribution is 1.89. The van der Waals surface area contributed by atoms with E-state index in [0.717, 1.165) is 11.0 Å². The number of carboxylic acids is 2. The number of likely N-dealkylation sites (N-methyl/N-ethyl adjacent to an activating group) is 1. The van der Waals surface area contributed by atoms with E-state index in [1.807, 2.05) is 0 Å². The van der Waals surface area contributed by atoms with Gasteiger partial charge in [-0.3, -0.25) is 14.4 Å². The molecule has 2 N–H and O–H groups in total. The second-order valence-corrected chi connectivity index (χ2v) is 2.59. The van der Waals surface area contributed by atoms with Gasteiger partial charge in [0.2, 0.25) is 5.91 Å². The lowest BCUT2D eigenvalue weighted by molar-refractivity contribution is -0.142. The molecule has 0 aliphatic rings. The summed E-state index contributed by atoms with van der Waals surface area (Å²) >= 11 is 0. The summed E-state index contributed by atoms with van der Waals surface area (Å²) in [5.74, 6) is -2.70. The topological polar surface area (TPSA) is 94.9 Å². The van der Waals surface area contributed by atoms with E-state index >= 15 is 0 Å². The Morgan fingerprint density at radius 3 is 2.21 bits per heavy atom. The van der Waals surface area contributed by atoms with Crippen molar-refractivity contribution >= 4 is 17.8 Å². The first kappa shape index (κ1) is 12.2. The average Bonchev–Trinajstić information content (AvgIpc) is 2.01. The van der Waals surface area contributed by atoms with E-state index < -0.39 is 24.4 Å². The summed E-state index contributed by atoms with van der Waals surface area (Å²) in [4.78, 5) is 32.3. The number of amides is 1. The van der Waals surface area contributed by atoms with Crippen LogP contribution in [0.15, 0.2) is 12.2 Å². The summed E-state index contributed by atoms with van der Waals surface area (Å²) in [6.07, 6.45) is 1.95. The van der Waals surface area contributed by atoms with E-state index in [9.17, 15) is 14.4 Å². The van der Waals surface area contributed by atoms with Gasteiger partial charge in [0.15, 0.2) is 0 Å². The molecule has 0 aliphatic carbocycles. The van der Waals surface area contributed by atoms with Crippen molar-refractivity contribution in [2.24, 2.45) is 0 Å². The van der Waals surface area contributed by atoms with Crippen LogP contribution in [-0.4, -0.2) is 46.6 Å². The fourth-order valence-electron chi connectivity index (χ4n) is 0.669. The largest absolute Gasteiger partial charge is 0.481 e. The SMILES string of the molecule is CN(CC(=O)O)C(=O)C=CCC(=O)O. The van der Waals surface area contributed by atoms with E-state index in [1.165, 1.54) is 13.1 Å². The average molecular weight is 201 g/mol. The van der Waals surface area contributed by atoms with E-state index in [4.69, 9.17) is 10.2 Å². The fraction of sp³-hybridized carbons (Fsp3) is 0.375. The number of hydrogen-bond acceptors (Lipinski definition) is 3. The third-order valence-electron chi connectivity index (χ3n) is 1.30. The number of carboxylic acid groups (broad SMARTS) is 2. The highest BCUT2D eigenvalue weighted by molar-refractivity contribution is 5.90. The summed E-state index contributed by atoms with van der Waals surface area (Å²) in [6.45, 7) is -0.407. The molecule has 0 aromatic heterocycles. The summed E-state index contributed by atoms with van der Waals surface area (Å²) in [5.41, 5.74) is 0. The van der Waals surface area contributed by atoms with Crippen molar-refractivity contribution in [1.29, 1.82) is 0 Å². The van der Waals surface area contributed by atoms with Gasteiger partial charge in [-0.1, -0.05) is 6.08 Å². The van der Waals surface area contributed by atoms with Crippen molar-refractivity contribution in [3.63, 3.8) is 0 Å². The van der Waals surface area contributed by atoms with Crippen molar-refractivity contribution in [3.8, 4) is 0 Å². The molecule has 0 fully saturated rings. The van der Waals surface area contributed by atoms with Gasteiger partial charge in [-0.25, -0.2) is 0 Å². The van der Waals surface area contributed by atoms with Crippen LogP contribution >= 0.6 is 0 Å². The van der Waals surface area contributed by atoms with Crippen LogP contribution in [-0.2, 0) is 14.4 Å². The Balaban J connectivity index is 4.00. The van der Waals surface area contributed by atoms with Crippen LogP contribution in [0.1, 0.15) is 6.42 Å². The zero-order valence-electron chi connectivity index (χ0n) is 7.64. The molecule has 0 aliphatic heterocycles. The van der Waals surface area contributed by atoms with Gasteiger partial charge in [0, 0.05) is 7.05 Å². The van der Waals surface area contributed by atoms with Crippen molar-refractivity contribution in [2.75, 3.05) is 13.6 Å². The van der Waals surface area contributed by atoms with Crippen molar-refractivity contribution in [3.05, 3.63) is 12.2 Å². The molecule has 6 heteroatoms. The van der Waals surface area contributed by atoms with Gasteiger partial charge in [-0.15, -0.1) is 0 Å². The second kappa shape index (κ2) is 5.74. The predicted octanol–water partition coefficient (Wildman–Crippen LogP) is -0.440. The molecule has 0 aromatic rings. The maximum absolute atomic E-state index is 11.0. The van der Waals surface area contributed by atoms with Crippen LogP contribution in [0, 0.1) is 0 Å². The van der Waals surface area contributed by atoms with Gasteiger partial charge < -0.3 is 15.1 Å². The molecule has 0 atom stereocenters. The zero-order chi connectivity index (χ0) is 11.1. The van der Waals surface area contributed by atoms with Crippen LogP contribution in [0.3, 0.4) is 0 Å². The lowest BCUT2D eigenvalue weighted by Gasteiger charge is -2.10. The molecular weight excluding hydrogens is 190 g/mol. The van der Waals surface area contributed by atoms with Crippen molar-refractivity contribution < 1.29 is 24.6 Å². The second-order valence-electron chi connectivity index (χ2n) is 2.59. The minimum Gasteiger partial charge on any atom is -0.481 e. The summed E-state index contributed by atoms with van der Waals surface area (Å²) < 4.78 is 0. The number of carbonyl (C=O) groups is 3. The van der Waals surface area contributed by atoms with Crippen molar-refractivity contribution in [2.45, 2.75) is 6.42 Å². The lowest BCUT2D eigenvalue weighted by atomic mass is 10.3. The van der Waals surface area contributed by atoms with Gasteiger partial charge in [-0.2, -0.15) is 0 Å². The lowest BCUT2D eigenvalue weighted by Crippen LogP contribution is -2.30. The molecule has 0 unspecified atom stereocenters. The van der Waals surface area contributed by atoms with E-state index in [1.54, 1.807) is 0 Å². The minimum absolute atomic E-state index is 0.257. The number of nitrogens with zero attached hydrogens (tertiary/aromatic N) is 1. The molecule has 0 heterocycles. The molecule has 0 saturated heterocycles. The van der Waals surface area contributed by atoms with E-state index in [-0.39, 0.29) is 6.42 Å². The smallest absolute Gasteiger partial charge is 0.323 e. The Morgan fingerprint density at radius 1 is 1.21 bits per heavy atom. The molecule has 0 saturated carbocycles. The van der Waals surface area contributed by atoms with Crippen LogP contribution in [0.25, 0.3) is 0 Å². The number of hydrogen-bond donors (Lipinski definition) is 2. The van der Waals surface area contributed by atoms with Crippen LogP contribution in [0.2, 0.25) is 0 Å². The van der Waals surface area contributed by atoms with E-state index in [0.29, 0.717) is 0 Å². The summed E-state index contributed by atoms with van der Waals surface area (Å²) in [5, 5.41) is 16.6. The number of aliphatic carboxylic acids is 2. The van der Waals surface area contributed by atoms with Gasteiger partial charge in [0.25, 0.3) is 0 Å². The maximum Gasteiger partial charge on any atom is 0.323 e. The Hall–Kier alpha value is -1.85. The molecule has 1 amide bonds. The molecule has 14 heavy (non-hydrogen) atoms. The Bertz CT molecular complexity index is 271. The number of rotatable bonds is 5. The molecule has 78 valence electrons. The monoisotopic (exact) mass is 201 g/mol. The molecule has 0 spiro atoms. The molecule has 6 nitrogen and oxygen atoms in total. The third-order valence-corrected chi connectivity index (χ3v) is 1.30. The first-order chi connectivity index (χ1) is 6.43. The Kier molecular flexibility index (Phi) is 4.98. The van der Waals surface area contributed by atoms with Crippen LogP contribution in [0.4, 0.5) is 0 Å². The van der Waals surface area contributed by atoms with Crippen LogP contribution in [0.5, 0.6) is 0 Å². The highest BCUT2D eigenvalue weighted by atomic mass is 16.4. The van der Waals surface area contributed by atoms with Crippen molar-refractivity contribution in [1.82, 2.24) is 4.90 Å². The molecule has 0 rings (SSSR count). The quantitative estimate of drug-likeness (QED) is 0.588. The van der Waals surface area contributed by atoms with Gasteiger partial charge in [0.05, 0.1) is 6.42 Å². The minimum atomic E-state index is -1.12.